The first-order valence-electron chi connectivity index (χ1n) is 5.76. The van der Waals surface area contributed by atoms with E-state index in [1.54, 1.807) is 13.8 Å². The Morgan fingerprint density at radius 2 is 2.12 bits per heavy atom. The van der Waals surface area contributed by atoms with E-state index in [2.05, 4.69) is 0 Å². The quantitative estimate of drug-likeness (QED) is 0.868. The van der Waals surface area contributed by atoms with Gasteiger partial charge in [0.2, 0.25) is 0 Å². The molecular weight excluding hydrogens is 256 g/mol. The number of thiophene rings is 1. The van der Waals surface area contributed by atoms with E-state index < -0.39 is 15.4 Å². The van der Waals surface area contributed by atoms with Gasteiger partial charge in [-0.3, -0.25) is 0 Å². The van der Waals surface area contributed by atoms with Crippen LogP contribution < -0.4 is 0 Å². The Labute approximate surface area is 107 Å². The molecule has 0 amide bonds. The topological polar surface area (TPSA) is 54.4 Å². The number of sulfone groups is 1. The molecule has 1 N–H and O–H groups in total. The summed E-state index contributed by atoms with van der Waals surface area (Å²) < 4.78 is 22.7. The van der Waals surface area contributed by atoms with Gasteiger partial charge in [0.25, 0.3) is 0 Å². The Morgan fingerprint density at radius 1 is 1.47 bits per heavy atom. The van der Waals surface area contributed by atoms with E-state index in [1.807, 2.05) is 18.4 Å². The molecular formula is C12H20O3S2. The molecule has 98 valence electrons. The summed E-state index contributed by atoms with van der Waals surface area (Å²) in [5.41, 5.74) is 0.153. The van der Waals surface area contributed by atoms with Crippen molar-refractivity contribution in [2.75, 3.05) is 11.5 Å². The fourth-order valence-corrected chi connectivity index (χ4v) is 3.71. The highest BCUT2D eigenvalue weighted by molar-refractivity contribution is 7.91. The SMILES string of the molecule is CCS(=O)(=O)CCCC(C)(O)c1sccc1C. The van der Waals surface area contributed by atoms with Crippen molar-refractivity contribution < 1.29 is 13.5 Å². The van der Waals surface area contributed by atoms with Crippen LogP contribution in [0.2, 0.25) is 0 Å². The zero-order chi connectivity index (χ0) is 13.1. The van der Waals surface area contributed by atoms with Crippen molar-refractivity contribution in [3.05, 3.63) is 21.9 Å². The van der Waals surface area contributed by atoms with Crippen molar-refractivity contribution in [1.82, 2.24) is 0 Å². The highest BCUT2D eigenvalue weighted by Crippen LogP contribution is 2.32. The average molecular weight is 276 g/mol. The molecule has 0 saturated carbocycles. The van der Waals surface area contributed by atoms with E-state index >= 15 is 0 Å². The molecule has 0 radical (unpaired) electrons. The molecule has 1 unspecified atom stereocenters. The van der Waals surface area contributed by atoms with Crippen LogP contribution in [0.1, 0.15) is 37.1 Å². The molecule has 0 fully saturated rings. The van der Waals surface area contributed by atoms with Gasteiger partial charge in [-0.15, -0.1) is 11.3 Å². The normalized spacial score (nSPS) is 15.8. The summed E-state index contributed by atoms with van der Waals surface area (Å²) in [6, 6.07) is 1.97. The van der Waals surface area contributed by atoms with Gasteiger partial charge in [-0.2, -0.15) is 0 Å². The Hall–Kier alpha value is -0.390. The summed E-state index contributed by atoms with van der Waals surface area (Å²) in [7, 11) is -2.93. The molecule has 1 heterocycles. The van der Waals surface area contributed by atoms with Crippen LogP contribution in [0.5, 0.6) is 0 Å². The third-order valence-corrected chi connectivity index (χ3v) is 5.97. The lowest BCUT2D eigenvalue weighted by Gasteiger charge is -2.23. The number of hydrogen-bond donors (Lipinski definition) is 1. The monoisotopic (exact) mass is 276 g/mol. The maximum Gasteiger partial charge on any atom is 0.150 e. The van der Waals surface area contributed by atoms with E-state index in [0.29, 0.717) is 12.8 Å². The van der Waals surface area contributed by atoms with Crippen LogP contribution in [0.15, 0.2) is 11.4 Å². The minimum absolute atomic E-state index is 0.157. The maximum absolute atomic E-state index is 11.4. The molecule has 1 rings (SSSR count). The summed E-state index contributed by atoms with van der Waals surface area (Å²) in [4.78, 5) is 0.936. The van der Waals surface area contributed by atoms with Crippen molar-refractivity contribution in [2.24, 2.45) is 0 Å². The highest BCUT2D eigenvalue weighted by atomic mass is 32.2. The molecule has 0 bridgehead atoms. The van der Waals surface area contributed by atoms with Gasteiger partial charge in [0.05, 0.1) is 11.4 Å². The molecule has 1 aromatic heterocycles. The lowest BCUT2D eigenvalue weighted by molar-refractivity contribution is 0.0504. The minimum atomic E-state index is -2.93. The largest absolute Gasteiger partial charge is 0.385 e. The number of aryl methyl sites for hydroxylation is 1. The lowest BCUT2D eigenvalue weighted by atomic mass is 9.96. The standard InChI is InChI=1S/C12H20O3S2/c1-4-17(14,15)9-5-7-12(3,13)11-10(2)6-8-16-11/h6,8,13H,4-5,7,9H2,1-3H3. The summed E-state index contributed by atoms with van der Waals surface area (Å²) in [5, 5.41) is 12.3. The molecule has 0 spiro atoms. The molecule has 0 aliphatic carbocycles. The molecule has 0 saturated heterocycles. The Morgan fingerprint density at radius 3 is 2.59 bits per heavy atom. The molecule has 1 aromatic rings. The Kier molecular flexibility index (Phi) is 4.75. The van der Waals surface area contributed by atoms with Crippen LogP contribution in [0, 0.1) is 6.92 Å². The van der Waals surface area contributed by atoms with Crippen molar-refractivity contribution in [3.63, 3.8) is 0 Å². The van der Waals surface area contributed by atoms with Gasteiger partial charge in [0, 0.05) is 10.6 Å². The fraction of sp³-hybridized carbons (Fsp3) is 0.667. The van der Waals surface area contributed by atoms with Crippen molar-refractivity contribution >= 4 is 21.2 Å². The average Bonchev–Trinajstić information content (AvgIpc) is 2.64. The van der Waals surface area contributed by atoms with Crippen molar-refractivity contribution in [2.45, 2.75) is 39.2 Å². The second-order valence-electron chi connectivity index (χ2n) is 4.55. The van der Waals surface area contributed by atoms with Crippen LogP contribution in [-0.2, 0) is 15.4 Å². The smallest absolute Gasteiger partial charge is 0.150 e. The number of rotatable bonds is 6. The van der Waals surface area contributed by atoms with Gasteiger partial charge < -0.3 is 5.11 Å². The van der Waals surface area contributed by atoms with Crippen molar-refractivity contribution in [3.8, 4) is 0 Å². The van der Waals surface area contributed by atoms with Gasteiger partial charge >= 0.3 is 0 Å². The first-order chi connectivity index (χ1) is 7.78. The van der Waals surface area contributed by atoms with Gasteiger partial charge in [0.1, 0.15) is 9.84 Å². The molecule has 0 aliphatic rings. The van der Waals surface area contributed by atoms with Crippen LogP contribution in [0.3, 0.4) is 0 Å². The van der Waals surface area contributed by atoms with E-state index in [0.717, 1.165) is 10.4 Å². The lowest BCUT2D eigenvalue weighted by Crippen LogP contribution is -2.22. The van der Waals surface area contributed by atoms with Crippen LogP contribution >= 0.6 is 11.3 Å². The predicted octanol–water partition coefficient (Wildman–Crippen LogP) is 2.48. The van der Waals surface area contributed by atoms with E-state index in [9.17, 15) is 13.5 Å². The zero-order valence-corrected chi connectivity index (χ0v) is 12.2. The second kappa shape index (κ2) is 5.50. The summed E-state index contributed by atoms with van der Waals surface area (Å²) in [6.07, 6.45) is 0.980. The van der Waals surface area contributed by atoms with E-state index in [4.69, 9.17) is 0 Å². The molecule has 0 aliphatic heterocycles. The third-order valence-electron chi connectivity index (χ3n) is 2.91. The number of aliphatic hydroxyl groups is 1. The third kappa shape index (κ3) is 4.08. The second-order valence-corrected chi connectivity index (χ2v) is 7.94. The van der Waals surface area contributed by atoms with Gasteiger partial charge in [-0.25, -0.2) is 8.42 Å². The maximum atomic E-state index is 11.4. The number of hydrogen-bond acceptors (Lipinski definition) is 4. The molecule has 5 heteroatoms. The van der Waals surface area contributed by atoms with Crippen molar-refractivity contribution in [1.29, 1.82) is 0 Å². The van der Waals surface area contributed by atoms with Crippen LogP contribution in [0.4, 0.5) is 0 Å². The van der Waals surface area contributed by atoms with Gasteiger partial charge in [-0.1, -0.05) is 6.92 Å². The molecule has 17 heavy (non-hydrogen) atoms. The fourth-order valence-electron chi connectivity index (χ4n) is 1.82. The van der Waals surface area contributed by atoms with Crippen LogP contribution in [-0.4, -0.2) is 25.0 Å². The van der Waals surface area contributed by atoms with E-state index in [1.165, 1.54) is 11.3 Å². The molecule has 0 aromatic carbocycles. The zero-order valence-electron chi connectivity index (χ0n) is 10.6. The summed E-state index contributed by atoms with van der Waals surface area (Å²) >= 11 is 1.52. The van der Waals surface area contributed by atoms with Crippen LogP contribution in [0.25, 0.3) is 0 Å². The van der Waals surface area contributed by atoms with Gasteiger partial charge in [0.15, 0.2) is 0 Å². The first kappa shape index (κ1) is 14.7. The van der Waals surface area contributed by atoms with Gasteiger partial charge in [-0.05, 0) is 43.7 Å². The summed E-state index contributed by atoms with van der Waals surface area (Å²) in [6.45, 7) is 5.37. The minimum Gasteiger partial charge on any atom is -0.385 e. The Balaban J connectivity index is 2.60. The Bertz CT molecular complexity index is 458. The highest BCUT2D eigenvalue weighted by Gasteiger charge is 2.26. The molecule has 1 atom stereocenters. The molecule has 3 nitrogen and oxygen atoms in total. The first-order valence-corrected chi connectivity index (χ1v) is 8.46. The summed E-state index contributed by atoms with van der Waals surface area (Å²) in [5.74, 6) is 0.331. The van der Waals surface area contributed by atoms with E-state index in [-0.39, 0.29) is 11.5 Å². The predicted molar refractivity (Wildman–Crippen MR) is 72.2 cm³/mol.